The monoisotopic (exact) mass is 529 g/mol. The van der Waals surface area contributed by atoms with Crippen LogP contribution in [-0.4, -0.2) is 68.6 Å². The summed E-state index contributed by atoms with van der Waals surface area (Å²) >= 11 is 0. The van der Waals surface area contributed by atoms with Gasteiger partial charge in [-0.05, 0) is 43.4 Å². The Labute approximate surface area is 224 Å². The number of amides is 1. The second-order valence-corrected chi connectivity index (χ2v) is 10.1. The molecule has 1 aliphatic carbocycles. The fourth-order valence-electron chi connectivity index (χ4n) is 5.50. The molecule has 0 spiro atoms. The number of nitrogens with zero attached hydrogens (tertiary/aromatic N) is 3. The van der Waals surface area contributed by atoms with Crippen molar-refractivity contribution >= 4 is 28.6 Å². The number of hydrogen-bond donors (Lipinski definition) is 6. The van der Waals surface area contributed by atoms with E-state index in [2.05, 4.69) is 41.4 Å². The lowest BCUT2D eigenvalue weighted by molar-refractivity contribution is -0.142. The summed E-state index contributed by atoms with van der Waals surface area (Å²) < 4.78 is 4.87. The first-order valence-corrected chi connectivity index (χ1v) is 13.1. The highest BCUT2D eigenvalue weighted by atomic mass is 16.5. The molecule has 4 atom stereocenters. The SMILES string of the molecule is COC(=O)C(Cc1cnc[nH]1)NC(=O)c1cc2ccc(-c3nccc(NC4CCC5NNCC5C4)n3)cc2[nH]1. The molecule has 12 heteroatoms. The molecule has 1 aromatic carbocycles. The van der Waals surface area contributed by atoms with E-state index in [9.17, 15) is 9.59 Å². The summed E-state index contributed by atoms with van der Waals surface area (Å²) in [4.78, 5) is 44.6. The summed E-state index contributed by atoms with van der Waals surface area (Å²) in [5.41, 5.74) is 9.29. The van der Waals surface area contributed by atoms with Gasteiger partial charge in [-0.15, -0.1) is 0 Å². The predicted molar refractivity (Wildman–Crippen MR) is 145 cm³/mol. The highest BCUT2D eigenvalue weighted by Gasteiger charge is 2.33. The average Bonchev–Trinajstić information content (AvgIpc) is 3.72. The highest BCUT2D eigenvalue weighted by Crippen LogP contribution is 2.29. The molecule has 2 aliphatic rings. The summed E-state index contributed by atoms with van der Waals surface area (Å²) in [6.07, 6.45) is 8.45. The molecule has 6 N–H and O–H groups in total. The topological polar surface area (TPSA) is 162 Å². The minimum atomic E-state index is -0.857. The van der Waals surface area contributed by atoms with Gasteiger partial charge >= 0.3 is 5.97 Å². The first-order chi connectivity index (χ1) is 19.1. The van der Waals surface area contributed by atoms with Crippen molar-refractivity contribution in [2.45, 2.75) is 43.8 Å². The van der Waals surface area contributed by atoms with Crippen molar-refractivity contribution in [2.75, 3.05) is 19.0 Å². The molecular weight excluding hydrogens is 498 g/mol. The van der Waals surface area contributed by atoms with Gasteiger partial charge in [0.05, 0.1) is 13.4 Å². The van der Waals surface area contributed by atoms with Gasteiger partial charge in [-0.25, -0.2) is 19.7 Å². The van der Waals surface area contributed by atoms with Gasteiger partial charge in [0.2, 0.25) is 0 Å². The number of carbonyl (C=O) groups excluding carboxylic acids is 2. The second kappa shape index (κ2) is 10.8. The van der Waals surface area contributed by atoms with Gasteiger partial charge in [-0.1, -0.05) is 12.1 Å². The lowest BCUT2D eigenvalue weighted by Gasteiger charge is -2.31. The van der Waals surface area contributed by atoms with Gasteiger partial charge in [-0.2, -0.15) is 0 Å². The molecule has 202 valence electrons. The molecular formula is C27H31N9O3. The van der Waals surface area contributed by atoms with Crippen LogP contribution >= 0.6 is 0 Å². The molecule has 0 radical (unpaired) electrons. The van der Waals surface area contributed by atoms with Crippen molar-refractivity contribution < 1.29 is 14.3 Å². The molecule has 4 heterocycles. The number of imidazole rings is 1. The third-order valence-electron chi connectivity index (χ3n) is 7.54. The number of carbonyl (C=O) groups is 2. The normalized spacial score (nSPS) is 21.3. The summed E-state index contributed by atoms with van der Waals surface area (Å²) in [7, 11) is 1.29. The molecule has 4 aromatic rings. The number of ether oxygens (including phenoxy) is 1. The minimum absolute atomic E-state index is 0.236. The number of benzene rings is 1. The molecule has 1 saturated carbocycles. The second-order valence-electron chi connectivity index (χ2n) is 10.1. The fourth-order valence-corrected chi connectivity index (χ4v) is 5.50. The van der Waals surface area contributed by atoms with Crippen molar-refractivity contribution in [1.82, 2.24) is 41.1 Å². The Morgan fingerprint density at radius 3 is 2.97 bits per heavy atom. The van der Waals surface area contributed by atoms with E-state index >= 15 is 0 Å². The first kappa shape index (κ1) is 25.0. The molecule has 1 amide bonds. The predicted octanol–water partition coefficient (Wildman–Crippen LogP) is 1.92. The van der Waals surface area contributed by atoms with Crippen molar-refractivity contribution in [1.29, 1.82) is 0 Å². The molecule has 0 bridgehead atoms. The standard InChI is InChI=1S/C27H31N9O3/c1-39-27(38)23(11-19-13-28-14-30-19)34-26(37)22-9-15-2-3-16(10-21(15)33-22)25-29-7-6-24(35-25)32-18-4-5-20-17(8-18)12-31-36-20/h2-3,6-7,9-10,13-14,17-18,20,23,31,33,36H,4-5,8,11-12H2,1H3,(H,28,30)(H,34,37)(H,29,32,35). The zero-order chi connectivity index (χ0) is 26.8. The van der Waals surface area contributed by atoms with E-state index in [1.165, 1.54) is 13.4 Å². The van der Waals surface area contributed by atoms with Gasteiger partial charge in [0, 0.05) is 59.6 Å². The van der Waals surface area contributed by atoms with E-state index in [0.717, 1.165) is 48.1 Å². The number of anilines is 1. The number of hydrogen-bond acceptors (Lipinski definition) is 9. The average molecular weight is 530 g/mol. The Morgan fingerprint density at radius 2 is 2.13 bits per heavy atom. The first-order valence-electron chi connectivity index (χ1n) is 13.1. The number of hydrazine groups is 1. The molecule has 4 unspecified atom stereocenters. The highest BCUT2D eigenvalue weighted by molar-refractivity contribution is 6.00. The van der Waals surface area contributed by atoms with Crippen molar-refractivity contribution in [2.24, 2.45) is 5.92 Å². The lowest BCUT2D eigenvalue weighted by atomic mass is 9.83. The summed E-state index contributed by atoms with van der Waals surface area (Å²) in [5, 5.41) is 7.21. The van der Waals surface area contributed by atoms with E-state index in [0.29, 0.717) is 35.2 Å². The van der Waals surface area contributed by atoms with Crippen LogP contribution in [0, 0.1) is 5.92 Å². The number of aromatic nitrogens is 5. The maximum Gasteiger partial charge on any atom is 0.328 e. The van der Waals surface area contributed by atoms with Crippen LogP contribution in [0.4, 0.5) is 5.82 Å². The van der Waals surface area contributed by atoms with Crippen LogP contribution in [0.5, 0.6) is 0 Å². The van der Waals surface area contributed by atoms with E-state index in [1.807, 2.05) is 24.3 Å². The summed E-state index contributed by atoms with van der Waals surface area (Å²) in [5.74, 6) is 1.09. The van der Waals surface area contributed by atoms with Crippen LogP contribution < -0.4 is 21.5 Å². The van der Waals surface area contributed by atoms with Gasteiger partial charge in [0.15, 0.2) is 5.82 Å². The summed E-state index contributed by atoms with van der Waals surface area (Å²) in [6.45, 7) is 1.00. The van der Waals surface area contributed by atoms with Crippen molar-refractivity contribution in [3.63, 3.8) is 0 Å². The van der Waals surface area contributed by atoms with Gasteiger partial charge < -0.3 is 25.3 Å². The number of aromatic amines is 2. The smallest absolute Gasteiger partial charge is 0.328 e. The van der Waals surface area contributed by atoms with Crippen LogP contribution in [-0.2, 0) is 16.0 Å². The van der Waals surface area contributed by atoms with E-state index in [-0.39, 0.29) is 6.42 Å². The van der Waals surface area contributed by atoms with Crippen LogP contribution in [0.3, 0.4) is 0 Å². The molecule has 1 aliphatic heterocycles. The van der Waals surface area contributed by atoms with Crippen LogP contribution in [0.15, 0.2) is 49.1 Å². The molecule has 1 saturated heterocycles. The van der Waals surface area contributed by atoms with Gasteiger partial charge in [0.1, 0.15) is 17.6 Å². The van der Waals surface area contributed by atoms with E-state index in [1.54, 1.807) is 18.5 Å². The van der Waals surface area contributed by atoms with E-state index < -0.39 is 17.9 Å². The number of esters is 1. The Hall–Kier alpha value is -4.29. The maximum atomic E-state index is 13.0. The van der Waals surface area contributed by atoms with E-state index in [4.69, 9.17) is 9.72 Å². The van der Waals surface area contributed by atoms with Gasteiger partial charge in [-0.3, -0.25) is 15.6 Å². The molecule has 6 rings (SSSR count). The zero-order valence-electron chi connectivity index (χ0n) is 21.5. The Bertz CT molecular complexity index is 1470. The molecule has 2 fully saturated rings. The fraction of sp³-hybridized carbons (Fsp3) is 0.370. The lowest BCUT2D eigenvalue weighted by Crippen LogP contribution is -2.43. The van der Waals surface area contributed by atoms with Crippen LogP contribution in [0.25, 0.3) is 22.3 Å². The largest absolute Gasteiger partial charge is 0.467 e. The minimum Gasteiger partial charge on any atom is -0.467 e. The maximum absolute atomic E-state index is 13.0. The third-order valence-corrected chi connectivity index (χ3v) is 7.54. The number of H-pyrrole nitrogens is 2. The van der Waals surface area contributed by atoms with Crippen molar-refractivity contribution in [3.8, 4) is 11.4 Å². The van der Waals surface area contributed by atoms with Crippen LogP contribution in [0.1, 0.15) is 35.4 Å². The van der Waals surface area contributed by atoms with Crippen molar-refractivity contribution in [3.05, 3.63) is 60.4 Å². The molecule has 3 aromatic heterocycles. The number of methoxy groups -OCH3 is 1. The van der Waals surface area contributed by atoms with Crippen LogP contribution in [0.2, 0.25) is 0 Å². The number of fused-ring (bicyclic) bond motifs is 2. The quantitative estimate of drug-likeness (QED) is 0.187. The third kappa shape index (κ3) is 5.47. The Kier molecular flexibility index (Phi) is 6.95. The number of rotatable bonds is 8. The molecule has 39 heavy (non-hydrogen) atoms. The van der Waals surface area contributed by atoms with Gasteiger partial charge in [0.25, 0.3) is 5.91 Å². The summed E-state index contributed by atoms with van der Waals surface area (Å²) in [6, 6.07) is 9.52. The molecule has 12 nitrogen and oxygen atoms in total. The zero-order valence-corrected chi connectivity index (χ0v) is 21.5. The number of nitrogens with one attached hydrogen (secondary N) is 6. The Morgan fingerprint density at radius 1 is 1.21 bits per heavy atom. The Balaban J connectivity index is 1.16.